The van der Waals surface area contributed by atoms with E-state index in [4.69, 9.17) is 5.73 Å². The van der Waals surface area contributed by atoms with Crippen LogP contribution >= 0.6 is 0 Å². The molecule has 0 radical (unpaired) electrons. The minimum Gasteiger partial charge on any atom is -0.327 e. The van der Waals surface area contributed by atoms with Crippen LogP contribution in [0.4, 0.5) is 0 Å². The molecule has 6 heteroatoms. The average molecular weight is 249 g/mol. The molecule has 0 aromatic heterocycles. The molecular formula is C10H23N3O2S. The Kier molecular flexibility index (Phi) is 5.68. The predicted molar refractivity (Wildman–Crippen MR) is 65.7 cm³/mol. The third-order valence-corrected chi connectivity index (χ3v) is 3.54. The van der Waals surface area contributed by atoms with Gasteiger partial charge in [-0.05, 0) is 32.4 Å². The van der Waals surface area contributed by atoms with E-state index in [9.17, 15) is 8.42 Å². The third kappa shape index (κ3) is 6.42. The van der Waals surface area contributed by atoms with Gasteiger partial charge in [0.1, 0.15) is 0 Å². The molecule has 0 spiro atoms. The second-order valence-corrected chi connectivity index (χ2v) is 6.41. The summed E-state index contributed by atoms with van der Waals surface area (Å²) in [5.41, 5.74) is 5.95. The summed E-state index contributed by atoms with van der Waals surface area (Å²) in [5, 5.41) is 0. The van der Waals surface area contributed by atoms with Crippen molar-refractivity contribution in [1.82, 2.24) is 9.62 Å². The minimum atomic E-state index is -3.04. The number of rotatable bonds is 5. The van der Waals surface area contributed by atoms with Gasteiger partial charge in [0.25, 0.3) is 0 Å². The first-order valence-corrected chi connectivity index (χ1v) is 7.79. The normalized spacial score (nSPS) is 24.2. The molecule has 0 aromatic carbocycles. The largest absolute Gasteiger partial charge is 0.327 e. The highest BCUT2D eigenvalue weighted by molar-refractivity contribution is 7.88. The zero-order chi connectivity index (χ0) is 12.0. The van der Waals surface area contributed by atoms with Crippen molar-refractivity contribution < 1.29 is 8.42 Å². The first-order valence-electron chi connectivity index (χ1n) is 5.90. The van der Waals surface area contributed by atoms with Gasteiger partial charge in [0.15, 0.2) is 0 Å². The van der Waals surface area contributed by atoms with Crippen LogP contribution in [0.5, 0.6) is 0 Å². The van der Waals surface area contributed by atoms with Gasteiger partial charge in [-0.1, -0.05) is 6.42 Å². The van der Waals surface area contributed by atoms with E-state index in [0.717, 1.165) is 32.5 Å². The van der Waals surface area contributed by atoms with Crippen molar-refractivity contribution in [2.24, 2.45) is 5.73 Å². The summed E-state index contributed by atoms with van der Waals surface area (Å²) < 4.78 is 24.2. The smallest absolute Gasteiger partial charge is 0.208 e. The zero-order valence-corrected chi connectivity index (χ0v) is 10.8. The van der Waals surface area contributed by atoms with Crippen LogP contribution in [-0.4, -0.2) is 51.8 Å². The standard InChI is InChI=1S/C10H23N3O2S/c1-16(14,15)12-6-4-8-13-7-3-2-5-10(11)9-13/h10,12H,2-9,11H2,1H3. The Labute approximate surface area is 98.4 Å². The fourth-order valence-electron chi connectivity index (χ4n) is 2.02. The third-order valence-electron chi connectivity index (χ3n) is 2.81. The van der Waals surface area contributed by atoms with Crippen molar-refractivity contribution >= 4 is 10.0 Å². The Morgan fingerprint density at radius 2 is 2.19 bits per heavy atom. The second-order valence-electron chi connectivity index (χ2n) is 4.58. The molecule has 0 bridgehead atoms. The molecule has 1 saturated heterocycles. The molecule has 1 aliphatic heterocycles. The van der Waals surface area contributed by atoms with Gasteiger partial charge in [0.05, 0.1) is 6.26 Å². The molecule has 0 amide bonds. The summed E-state index contributed by atoms with van der Waals surface area (Å²) in [4.78, 5) is 2.33. The Balaban J connectivity index is 2.16. The highest BCUT2D eigenvalue weighted by atomic mass is 32.2. The molecule has 1 rings (SSSR count). The Morgan fingerprint density at radius 1 is 1.44 bits per heavy atom. The molecule has 0 aliphatic carbocycles. The lowest BCUT2D eigenvalue weighted by Crippen LogP contribution is -2.37. The number of sulfonamides is 1. The van der Waals surface area contributed by atoms with Gasteiger partial charge >= 0.3 is 0 Å². The van der Waals surface area contributed by atoms with Gasteiger partial charge in [-0.2, -0.15) is 0 Å². The molecule has 96 valence electrons. The fourth-order valence-corrected chi connectivity index (χ4v) is 2.53. The van der Waals surface area contributed by atoms with Crippen molar-refractivity contribution in [3.8, 4) is 0 Å². The summed E-state index contributed by atoms with van der Waals surface area (Å²) in [6.45, 7) is 3.48. The van der Waals surface area contributed by atoms with Crippen molar-refractivity contribution in [3.05, 3.63) is 0 Å². The van der Waals surface area contributed by atoms with Crippen LogP contribution < -0.4 is 10.5 Å². The van der Waals surface area contributed by atoms with Crippen LogP contribution in [0.1, 0.15) is 25.7 Å². The molecule has 1 heterocycles. The molecule has 0 saturated carbocycles. The molecule has 0 aromatic rings. The highest BCUT2D eigenvalue weighted by Crippen LogP contribution is 2.09. The molecule has 1 fully saturated rings. The number of nitrogens with two attached hydrogens (primary N) is 1. The minimum absolute atomic E-state index is 0.283. The van der Waals surface area contributed by atoms with Crippen LogP contribution in [0.3, 0.4) is 0 Å². The summed E-state index contributed by atoms with van der Waals surface area (Å²) in [7, 11) is -3.04. The van der Waals surface area contributed by atoms with E-state index in [1.54, 1.807) is 0 Å². The monoisotopic (exact) mass is 249 g/mol. The van der Waals surface area contributed by atoms with E-state index in [-0.39, 0.29) is 6.04 Å². The van der Waals surface area contributed by atoms with Crippen molar-refractivity contribution in [3.63, 3.8) is 0 Å². The van der Waals surface area contributed by atoms with E-state index < -0.39 is 10.0 Å². The van der Waals surface area contributed by atoms with Gasteiger partial charge in [0, 0.05) is 19.1 Å². The van der Waals surface area contributed by atoms with Gasteiger partial charge in [0.2, 0.25) is 10.0 Å². The van der Waals surface area contributed by atoms with E-state index in [1.807, 2.05) is 0 Å². The number of nitrogens with one attached hydrogen (secondary N) is 1. The lowest BCUT2D eigenvalue weighted by atomic mass is 10.2. The summed E-state index contributed by atoms with van der Waals surface area (Å²) in [6.07, 6.45) is 5.55. The number of hydrogen-bond acceptors (Lipinski definition) is 4. The van der Waals surface area contributed by atoms with Gasteiger partial charge < -0.3 is 10.6 Å². The van der Waals surface area contributed by atoms with Crippen LogP contribution in [0, 0.1) is 0 Å². The quantitative estimate of drug-likeness (QED) is 0.658. The topological polar surface area (TPSA) is 75.4 Å². The second kappa shape index (κ2) is 6.54. The SMILES string of the molecule is CS(=O)(=O)NCCCN1CCCCC(N)C1. The first-order chi connectivity index (χ1) is 7.47. The molecule has 1 aliphatic rings. The van der Waals surface area contributed by atoms with E-state index in [1.165, 1.54) is 19.1 Å². The molecule has 1 unspecified atom stereocenters. The molecule has 5 nitrogen and oxygen atoms in total. The number of likely N-dealkylation sites (tertiary alicyclic amines) is 1. The predicted octanol–water partition coefficient (Wildman–Crippen LogP) is -0.261. The van der Waals surface area contributed by atoms with E-state index in [0.29, 0.717) is 6.54 Å². The van der Waals surface area contributed by atoms with Gasteiger partial charge in [-0.3, -0.25) is 0 Å². The zero-order valence-electron chi connectivity index (χ0n) is 9.98. The van der Waals surface area contributed by atoms with Crippen molar-refractivity contribution in [2.75, 3.05) is 32.4 Å². The lowest BCUT2D eigenvalue weighted by molar-refractivity contribution is 0.270. The van der Waals surface area contributed by atoms with Gasteiger partial charge in [-0.25, -0.2) is 13.1 Å². The summed E-state index contributed by atoms with van der Waals surface area (Å²) in [5.74, 6) is 0. The van der Waals surface area contributed by atoms with Crippen molar-refractivity contribution in [1.29, 1.82) is 0 Å². The van der Waals surface area contributed by atoms with Crippen LogP contribution in [0.15, 0.2) is 0 Å². The van der Waals surface area contributed by atoms with Crippen LogP contribution in [0.25, 0.3) is 0 Å². The Bertz CT molecular complexity index is 292. The maximum Gasteiger partial charge on any atom is 0.208 e. The van der Waals surface area contributed by atoms with E-state index >= 15 is 0 Å². The lowest BCUT2D eigenvalue weighted by Gasteiger charge is -2.22. The van der Waals surface area contributed by atoms with Crippen LogP contribution in [0.2, 0.25) is 0 Å². The number of hydrogen-bond donors (Lipinski definition) is 2. The number of nitrogens with zero attached hydrogens (tertiary/aromatic N) is 1. The highest BCUT2D eigenvalue weighted by Gasteiger charge is 2.14. The van der Waals surface area contributed by atoms with Gasteiger partial charge in [-0.15, -0.1) is 0 Å². The Hall–Kier alpha value is -0.170. The summed E-state index contributed by atoms with van der Waals surface area (Å²) in [6, 6.07) is 0.283. The Morgan fingerprint density at radius 3 is 2.88 bits per heavy atom. The molecule has 1 atom stereocenters. The van der Waals surface area contributed by atoms with E-state index in [2.05, 4.69) is 9.62 Å². The van der Waals surface area contributed by atoms with Crippen molar-refractivity contribution in [2.45, 2.75) is 31.7 Å². The van der Waals surface area contributed by atoms with Crippen LogP contribution in [-0.2, 0) is 10.0 Å². The molecular weight excluding hydrogens is 226 g/mol. The molecule has 16 heavy (non-hydrogen) atoms. The molecule has 3 N–H and O–H groups in total. The first kappa shape index (κ1) is 13.9. The summed E-state index contributed by atoms with van der Waals surface area (Å²) >= 11 is 0. The maximum absolute atomic E-state index is 10.8. The maximum atomic E-state index is 10.8. The fraction of sp³-hybridized carbons (Fsp3) is 1.00. The average Bonchev–Trinajstić information content (AvgIpc) is 2.36.